The Hall–Kier alpha value is -1.35. The zero-order valence-corrected chi connectivity index (χ0v) is 13.5. The molecule has 116 valence electrons. The van der Waals surface area contributed by atoms with Crippen molar-refractivity contribution >= 4 is 5.97 Å². The number of esters is 1. The first-order chi connectivity index (χ1) is 10.1. The van der Waals surface area contributed by atoms with Crippen molar-refractivity contribution in [3.8, 4) is 0 Å². The molecule has 1 unspecified atom stereocenters. The molecule has 1 aliphatic heterocycles. The molecule has 0 amide bonds. The molecule has 1 atom stereocenters. The van der Waals surface area contributed by atoms with Crippen molar-refractivity contribution < 1.29 is 9.53 Å². The fourth-order valence-electron chi connectivity index (χ4n) is 3.30. The number of rotatable bonds is 6. The average Bonchev–Trinajstić information content (AvgIpc) is 2.89. The minimum Gasteiger partial charge on any atom is -0.468 e. The summed E-state index contributed by atoms with van der Waals surface area (Å²) in [6, 6.07) is 10.4. The third kappa shape index (κ3) is 3.65. The monoisotopic (exact) mass is 289 g/mol. The molecule has 2 rings (SSSR count). The molecule has 3 nitrogen and oxygen atoms in total. The van der Waals surface area contributed by atoms with Crippen LogP contribution >= 0.6 is 0 Å². The van der Waals surface area contributed by atoms with Crippen LogP contribution in [0.1, 0.15) is 45.1 Å². The van der Waals surface area contributed by atoms with Crippen LogP contribution in [0.15, 0.2) is 30.3 Å². The molecule has 0 bridgehead atoms. The highest BCUT2D eigenvalue weighted by atomic mass is 16.5. The Morgan fingerprint density at radius 2 is 2.05 bits per heavy atom. The van der Waals surface area contributed by atoms with Crippen molar-refractivity contribution in [2.24, 2.45) is 5.92 Å². The van der Waals surface area contributed by atoms with Gasteiger partial charge in [0.25, 0.3) is 0 Å². The Kier molecular flexibility index (Phi) is 5.40. The Morgan fingerprint density at radius 3 is 2.67 bits per heavy atom. The molecule has 0 aliphatic carbocycles. The molecule has 0 radical (unpaired) electrons. The fourth-order valence-corrected chi connectivity index (χ4v) is 3.30. The molecule has 21 heavy (non-hydrogen) atoms. The number of hydrogen-bond acceptors (Lipinski definition) is 3. The smallest absolute Gasteiger partial charge is 0.326 e. The number of ether oxygens (including phenoxy) is 1. The highest BCUT2D eigenvalue weighted by molar-refractivity contribution is 5.81. The predicted octanol–water partition coefficient (Wildman–Crippen LogP) is 3.63. The predicted molar refractivity (Wildman–Crippen MR) is 84.9 cm³/mol. The topological polar surface area (TPSA) is 29.5 Å². The molecule has 1 saturated heterocycles. The first kappa shape index (κ1) is 16.0. The molecule has 0 N–H and O–H groups in total. The Bertz CT molecular complexity index is 458. The molecule has 1 aliphatic rings. The van der Waals surface area contributed by atoms with E-state index >= 15 is 0 Å². The number of carbonyl (C=O) groups excluding carboxylic acids is 1. The van der Waals surface area contributed by atoms with Gasteiger partial charge in [0.2, 0.25) is 0 Å². The van der Waals surface area contributed by atoms with Crippen LogP contribution in [0.5, 0.6) is 0 Å². The zero-order chi connectivity index (χ0) is 15.3. The number of hydrogen-bond donors (Lipinski definition) is 0. The summed E-state index contributed by atoms with van der Waals surface area (Å²) in [6.45, 7) is 6.22. The van der Waals surface area contributed by atoms with Gasteiger partial charge in [-0.15, -0.1) is 0 Å². The van der Waals surface area contributed by atoms with Gasteiger partial charge in [-0.05, 0) is 43.7 Å². The van der Waals surface area contributed by atoms with E-state index < -0.39 is 5.54 Å². The van der Waals surface area contributed by atoms with E-state index in [2.05, 4.69) is 43.0 Å². The van der Waals surface area contributed by atoms with E-state index in [0.717, 1.165) is 38.8 Å². The average molecular weight is 289 g/mol. The van der Waals surface area contributed by atoms with Gasteiger partial charge < -0.3 is 4.74 Å². The van der Waals surface area contributed by atoms with Crippen LogP contribution in [0.3, 0.4) is 0 Å². The first-order valence-corrected chi connectivity index (χ1v) is 7.96. The van der Waals surface area contributed by atoms with E-state index in [0.29, 0.717) is 5.92 Å². The minimum absolute atomic E-state index is 0.0587. The number of nitrogens with zero attached hydrogens (tertiary/aromatic N) is 1. The molecular weight excluding hydrogens is 262 g/mol. The van der Waals surface area contributed by atoms with Gasteiger partial charge in [0.05, 0.1) is 7.11 Å². The summed E-state index contributed by atoms with van der Waals surface area (Å²) in [4.78, 5) is 14.8. The van der Waals surface area contributed by atoms with Crippen molar-refractivity contribution in [3.63, 3.8) is 0 Å². The van der Waals surface area contributed by atoms with Gasteiger partial charge in [-0.2, -0.15) is 0 Å². The molecule has 0 aromatic heterocycles. The lowest BCUT2D eigenvalue weighted by Crippen LogP contribution is -2.50. The molecular formula is C18H27NO2. The lowest BCUT2D eigenvalue weighted by atomic mass is 9.87. The summed E-state index contributed by atoms with van der Waals surface area (Å²) in [5, 5.41) is 0. The van der Waals surface area contributed by atoms with Crippen LogP contribution in [0, 0.1) is 5.92 Å². The van der Waals surface area contributed by atoms with Crippen LogP contribution in [0.25, 0.3) is 0 Å². The van der Waals surface area contributed by atoms with Gasteiger partial charge >= 0.3 is 5.97 Å². The lowest BCUT2D eigenvalue weighted by molar-refractivity contribution is -0.154. The van der Waals surface area contributed by atoms with E-state index in [1.807, 2.05) is 6.07 Å². The maximum absolute atomic E-state index is 12.5. The molecule has 1 fully saturated rings. The number of carbonyl (C=O) groups is 1. The molecule has 1 aromatic rings. The van der Waals surface area contributed by atoms with Crippen LogP contribution in [0.4, 0.5) is 0 Å². The molecule has 0 saturated carbocycles. The summed E-state index contributed by atoms with van der Waals surface area (Å²) in [5.74, 6) is 0.544. The Balaban J connectivity index is 2.18. The van der Waals surface area contributed by atoms with Crippen molar-refractivity contribution in [2.75, 3.05) is 13.7 Å². The normalized spacial score (nSPS) is 22.7. The van der Waals surface area contributed by atoms with Gasteiger partial charge in [-0.3, -0.25) is 9.69 Å². The Labute approximate surface area is 128 Å². The van der Waals surface area contributed by atoms with Crippen LogP contribution in [-0.2, 0) is 16.1 Å². The fraction of sp³-hybridized carbons (Fsp3) is 0.611. The maximum atomic E-state index is 12.5. The summed E-state index contributed by atoms with van der Waals surface area (Å²) in [6.07, 6.45) is 3.93. The summed E-state index contributed by atoms with van der Waals surface area (Å²) in [5.41, 5.74) is 0.840. The van der Waals surface area contributed by atoms with Gasteiger partial charge in [0, 0.05) is 6.54 Å². The second kappa shape index (κ2) is 7.08. The number of likely N-dealkylation sites (tertiary alicyclic amines) is 1. The minimum atomic E-state index is -0.422. The van der Waals surface area contributed by atoms with Crippen molar-refractivity contribution in [2.45, 2.75) is 51.6 Å². The SMILES string of the molecule is COC(=O)C1(CCC(C)C)CCCN1Cc1ccccc1. The zero-order valence-electron chi connectivity index (χ0n) is 13.5. The van der Waals surface area contributed by atoms with Crippen LogP contribution < -0.4 is 0 Å². The van der Waals surface area contributed by atoms with E-state index in [9.17, 15) is 4.79 Å². The maximum Gasteiger partial charge on any atom is 0.326 e. The van der Waals surface area contributed by atoms with E-state index in [-0.39, 0.29) is 5.97 Å². The van der Waals surface area contributed by atoms with Gasteiger partial charge in [0.15, 0.2) is 0 Å². The molecule has 1 aromatic carbocycles. The molecule has 3 heteroatoms. The molecule has 0 spiro atoms. The summed E-state index contributed by atoms with van der Waals surface area (Å²) in [7, 11) is 1.51. The van der Waals surface area contributed by atoms with Crippen LogP contribution in [-0.4, -0.2) is 30.1 Å². The summed E-state index contributed by atoms with van der Waals surface area (Å²) < 4.78 is 5.16. The third-order valence-corrected chi connectivity index (χ3v) is 4.54. The first-order valence-electron chi connectivity index (χ1n) is 7.96. The van der Waals surface area contributed by atoms with Gasteiger partial charge in [-0.25, -0.2) is 0 Å². The highest BCUT2D eigenvalue weighted by Crippen LogP contribution is 2.37. The van der Waals surface area contributed by atoms with Crippen LogP contribution in [0.2, 0.25) is 0 Å². The summed E-state index contributed by atoms with van der Waals surface area (Å²) >= 11 is 0. The second-order valence-corrected chi connectivity index (χ2v) is 6.47. The van der Waals surface area contributed by atoms with Gasteiger partial charge in [-0.1, -0.05) is 44.2 Å². The quantitative estimate of drug-likeness (QED) is 0.749. The van der Waals surface area contributed by atoms with E-state index in [4.69, 9.17) is 4.74 Å². The van der Waals surface area contributed by atoms with Crippen molar-refractivity contribution in [3.05, 3.63) is 35.9 Å². The Morgan fingerprint density at radius 1 is 1.33 bits per heavy atom. The largest absolute Gasteiger partial charge is 0.468 e. The number of benzene rings is 1. The highest BCUT2D eigenvalue weighted by Gasteiger charge is 2.47. The van der Waals surface area contributed by atoms with Gasteiger partial charge in [0.1, 0.15) is 5.54 Å². The second-order valence-electron chi connectivity index (χ2n) is 6.47. The van der Waals surface area contributed by atoms with E-state index in [1.165, 1.54) is 12.7 Å². The van der Waals surface area contributed by atoms with E-state index in [1.54, 1.807) is 0 Å². The third-order valence-electron chi connectivity index (χ3n) is 4.54. The number of methoxy groups -OCH3 is 1. The standard InChI is InChI=1S/C18H27NO2/c1-15(2)10-12-18(17(20)21-3)11-7-13-19(18)14-16-8-5-4-6-9-16/h4-6,8-9,15H,7,10-14H2,1-3H3. The lowest BCUT2D eigenvalue weighted by Gasteiger charge is -2.36. The molecule has 1 heterocycles. The van der Waals surface area contributed by atoms with Crippen molar-refractivity contribution in [1.29, 1.82) is 0 Å². The van der Waals surface area contributed by atoms with Crippen molar-refractivity contribution in [1.82, 2.24) is 4.90 Å².